The third kappa shape index (κ3) is 2.67. The SMILES string of the molecule is CCC(Cc1ccc2ccccc2n1)C(=O)OC. The van der Waals surface area contributed by atoms with Crippen LogP contribution in [-0.2, 0) is 16.0 Å². The van der Waals surface area contributed by atoms with E-state index in [1.807, 2.05) is 43.3 Å². The molecule has 94 valence electrons. The van der Waals surface area contributed by atoms with Gasteiger partial charge in [0, 0.05) is 17.5 Å². The number of methoxy groups -OCH3 is 1. The number of carbonyl (C=O) groups is 1. The second-order valence-corrected chi connectivity index (χ2v) is 4.33. The smallest absolute Gasteiger partial charge is 0.309 e. The van der Waals surface area contributed by atoms with E-state index in [2.05, 4.69) is 4.98 Å². The zero-order valence-electron chi connectivity index (χ0n) is 10.7. The summed E-state index contributed by atoms with van der Waals surface area (Å²) in [7, 11) is 1.43. The van der Waals surface area contributed by atoms with E-state index in [4.69, 9.17) is 4.74 Å². The first-order valence-corrected chi connectivity index (χ1v) is 6.17. The summed E-state index contributed by atoms with van der Waals surface area (Å²) in [5, 5.41) is 1.12. The van der Waals surface area contributed by atoms with Gasteiger partial charge in [0.1, 0.15) is 0 Å². The normalized spacial score (nSPS) is 12.3. The van der Waals surface area contributed by atoms with Crippen molar-refractivity contribution in [3.63, 3.8) is 0 Å². The van der Waals surface area contributed by atoms with E-state index in [1.54, 1.807) is 0 Å². The van der Waals surface area contributed by atoms with Crippen molar-refractivity contribution in [3.8, 4) is 0 Å². The Hall–Kier alpha value is -1.90. The molecular weight excluding hydrogens is 226 g/mol. The van der Waals surface area contributed by atoms with Crippen LogP contribution >= 0.6 is 0 Å². The van der Waals surface area contributed by atoms with Gasteiger partial charge in [-0.3, -0.25) is 9.78 Å². The van der Waals surface area contributed by atoms with Gasteiger partial charge >= 0.3 is 5.97 Å². The Bertz CT molecular complexity index is 551. The number of pyridine rings is 1. The molecule has 0 amide bonds. The molecule has 0 bridgehead atoms. The van der Waals surface area contributed by atoms with Crippen LogP contribution in [0.25, 0.3) is 10.9 Å². The summed E-state index contributed by atoms with van der Waals surface area (Å²) >= 11 is 0. The van der Waals surface area contributed by atoms with E-state index < -0.39 is 0 Å². The summed E-state index contributed by atoms with van der Waals surface area (Å²) in [5.41, 5.74) is 1.90. The van der Waals surface area contributed by atoms with Gasteiger partial charge in [-0.05, 0) is 18.6 Å². The number of rotatable bonds is 4. The zero-order chi connectivity index (χ0) is 13.0. The van der Waals surface area contributed by atoms with Crippen LogP contribution < -0.4 is 0 Å². The molecule has 1 heterocycles. The van der Waals surface area contributed by atoms with Gasteiger partial charge in [0.15, 0.2) is 0 Å². The van der Waals surface area contributed by atoms with Gasteiger partial charge in [-0.25, -0.2) is 0 Å². The van der Waals surface area contributed by atoms with Gasteiger partial charge in [-0.2, -0.15) is 0 Å². The largest absolute Gasteiger partial charge is 0.469 e. The Balaban J connectivity index is 2.23. The molecule has 1 aromatic heterocycles. The average molecular weight is 243 g/mol. The Kier molecular flexibility index (Phi) is 3.92. The number of esters is 1. The maximum absolute atomic E-state index is 11.6. The summed E-state index contributed by atoms with van der Waals surface area (Å²) in [6, 6.07) is 12.0. The van der Waals surface area contributed by atoms with Crippen LogP contribution in [0.1, 0.15) is 19.0 Å². The molecule has 0 N–H and O–H groups in total. The molecule has 2 rings (SSSR count). The second-order valence-electron chi connectivity index (χ2n) is 4.33. The van der Waals surface area contributed by atoms with Crippen LogP contribution in [0.4, 0.5) is 0 Å². The number of nitrogens with zero attached hydrogens (tertiary/aromatic N) is 1. The van der Waals surface area contributed by atoms with Crippen LogP contribution in [0.5, 0.6) is 0 Å². The lowest BCUT2D eigenvalue weighted by atomic mass is 10.00. The van der Waals surface area contributed by atoms with Crippen molar-refractivity contribution in [2.24, 2.45) is 5.92 Å². The average Bonchev–Trinajstić information content (AvgIpc) is 2.43. The molecule has 1 aromatic carbocycles. The van der Waals surface area contributed by atoms with Crippen molar-refractivity contribution < 1.29 is 9.53 Å². The van der Waals surface area contributed by atoms with E-state index in [1.165, 1.54) is 7.11 Å². The minimum Gasteiger partial charge on any atom is -0.469 e. The summed E-state index contributed by atoms with van der Waals surface area (Å²) < 4.78 is 4.80. The van der Waals surface area contributed by atoms with Crippen LogP contribution in [0, 0.1) is 5.92 Å². The molecule has 0 aliphatic heterocycles. The van der Waals surface area contributed by atoms with Gasteiger partial charge in [0.25, 0.3) is 0 Å². The third-order valence-corrected chi connectivity index (χ3v) is 3.14. The lowest BCUT2D eigenvalue weighted by molar-refractivity contribution is -0.145. The van der Waals surface area contributed by atoms with Crippen molar-refractivity contribution in [2.45, 2.75) is 19.8 Å². The highest BCUT2D eigenvalue weighted by Crippen LogP contribution is 2.16. The van der Waals surface area contributed by atoms with Crippen molar-refractivity contribution in [2.75, 3.05) is 7.11 Å². The number of para-hydroxylation sites is 1. The number of hydrogen-bond acceptors (Lipinski definition) is 3. The third-order valence-electron chi connectivity index (χ3n) is 3.14. The quantitative estimate of drug-likeness (QED) is 0.775. The van der Waals surface area contributed by atoms with Gasteiger partial charge in [-0.15, -0.1) is 0 Å². The molecule has 2 aromatic rings. The molecule has 0 aliphatic rings. The molecule has 0 radical (unpaired) electrons. The van der Waals surface area contributed by atoms with Crippen molar-refractivity contribution in [3.05, 3.63) is 42.1 Å². The molecule has 0 fully saturated rings. The van der Waals surface area contributed by atoms with Gasteiger partial charge in [-0.1, -0.05) is 31.2 Å². The van der Waals surface area contributed by atoms with Gasteiger partial charge in [0.05, 0.1) is 18.5 Å². The number of fused-ring (bicyclic) bond motifs is 1. The van der Waals surface area contributed by atoms with E-state index >= 15 is 0 Å². The maximum Gasteiger partial charge on any atom is 0.309 e. The van der Waals surface area contributed by atoms with E-state index in [-0.39, 0.29) is 11.9 Å². The van der Waals surface area contributed by atoms with Crippen LogP contribution in [0.3, 0.4) is 0 Å². The lowest BCUT2D eigenvalue weighted by Gasteiger charge is -2.12. The number of hydrogen-bond donors (Lipinski definition) is 0. The fraction of sp³-hybridized carbons (Fsp3) is 0.333. The molecule has 3 nitrogen and oxygen atoms in total. The van der Waals surface area contributed by atoms with Crippen molar-refractivity contribution >= 4 is 16.9 Å². The maximum atomic E-state index is 11.6. The Labute approximate surface area is 107 Å². The highest BCUT2D eigenvalue weighted by Gasteiger charge is 2.18. The highest BCUT2D eigenvalue weighted by molar-refractivity contribution is 5.78. The first kappa shape index (κ1) is 12.6. The fourth-order valence-corrected chi connectivity index (χ4v) is 2.04. The molecule has 1 unspecified atom stereocenters. The minimum atomic E-state index is -0.160. The topological polar surface area (TPSA) is 39.2 Å². The molecule has 0 spiro atoms. The first-order valence-electron chi connectivity index (χ1n) is 6.17. The van der Waals surface area contributed by atoms with E-state index in [9.17, 15) is 4.79 Å². The van der Waals surface area contributed by atoms with Gasteiger partial charge in [0.2, 0.25) is 0 Å². The molecular formula is C15H17NO2. The number of aromatic nitrogens is 1. The Morgan fingerprint density at radius 1 is 1.28 bits per heavy atom. The molecule has 0 saturated heterocycles. The first-order chi connectivity index (χ1) is 8.74. The number of ether oxygens (including phenoxy) is 1. The van der Waals surface area contributed by atoms with Gasteiger partial charge < -0.3 is 4.74 Å². The predicted octanol–water partition coefficient (Wildman–Crippen LogP) is 2.98. The number of carbonyl (C=O) groups excluding carboxylic acids is 1. The van der Waals surface area contributed by atoms with Crippen molar-refractivity contribution in [1.82, 2.24) is 4.98 Å². The molecule has 1 atom stereocenters. The van der Waals surface area contributed by atoms with Crippen molar-refractivity contribution in [1.29, 1.82) is 0 Å². The summed E-state index contributed by atoms with van der Waals surface area (Å²) in [6.45, 7) is 1.99. The summed E-state index contributed by atoms with van der Waals surface area (Å²) in [5.74, 6) is -0.267. The predicted molar refractivity (Wildman–Crippen MR) is 71.2 cm³/mol. The Morgan fingerprint density at radius 2 is 2.06 bits per heavy atom. The molecule has 0 aliphatic carbocycles. The number of benzene rings is 1. The van der Waals surface area contributed by atoms with E-state index in [0.29, 0.717) is 6.42 Å². The summed E-state index contributed by atoms with van der Waals surface area (Å²) in [6.07, 6.45) is 1.40. The molecule has 18 heavy (non-hydrogen) atoms. The minimum absolute atomic E-state index is 0.108. The lowest BCUT2D eigenvalue weighted by Crippen LogP contribution is -2.18. The second kappa shape index (κ2) is 5.63. The monoisotopic (exact) mass is 243 g/mol. The van der Waals surface area contributed by atoms with Crippen LogP contribution in [-0.4, -0.2) is 18.1 Å². The van der Waals surface area contributed by atoms with Crippen LogP contribution in [0.2, 0.25) is 0 Å². The molecule has 3 heteroatoms. The highest BCUT2D eigenvalue weighted by atomic mass is 16.5. The van der Waals surface area contributed by atoms with Crippen LogP contribution in [0.15, 0.2) is 36.4 Å². The Morgan fingerprint density at radius 3 is 2.78 bits per heavy atom. The fourth-order valence-electron chi connectivity index (χ4n) is 2.04. The standard InChI is InChI=1S/C15H17NO2/c1-3-11(15(17)18-2)10-13-9-8-12-6-4-5-7-14(12)16-13/h4-9,11H,3,10H2,1-2H3. The summed E-state index contributed by atoms with van der Waals surface area (Å²) in [4.78, 5) is 16.1. The zero-order valence-corrected chi connectivity index (χ0v) is 10.7. The van der Waals surface area contributed by atoms with E-state index in [0.717, 1.165) is 23.0 Å². The molecule has 0 saturated carbocycles.